The second-order valence-corrected chi connectivity index (χ2v) is 9.39. The first-order valence-corrected chi connectivity index (χ1v) is 10.9. The Kier molecular flexibility index (Phi) is 6.49. The van der Waals surface area contributed by atoms with E-state index in [4.69, 9.17) is 0 Å². The maximum Gasteiger partial charge on any atom is 0.281 e. The topological polar surface area (TPSA) is 69.7 Å². The van der Waals surface area contributed by atoms with E-state index >= 15 is 0 Å². The second-order valence-electron chi connectivity index (χ2n) is 7.25. The maximum absolute atomic E-state index is 13.1. The first-order chi connectivity index (χ1) is 13.4. The van der Waals surface area contributed by atoms with Crippen molar-refractivity contribution in [3.63, 3.8) is 0 Å². The molecule has 6 nitrogen and oxygen atoms in total. The molecule has 1 fully saturated rings. The SMILES string of the molecule is CN(C)S(=O)(=O)N1CCC[C@@H](C(=O)NC(c2ccccc2)c2ccccc2)C1. The second kappa shape index (κ2) is 8.86. The van der Waals surface area contributed by atoms with E-state index in [0.29, 0.717) is 19.4 Å². The van der Waals surface area contributed by atoms with Crippen LogP contribution in [0.1, 0.15) is 30.0 Å². The van der Waals surface area contributed by atoms with Crippen molar-refractivity contribution in [3.05, 3.63) is 71.8 Å². The van der Waals surface area contributed by atoms with Crippen LogP contribution in [-0.4, -0.2) is 50.1 Å². The van der Waals surface area contributed by atoms with Crippen LogP contribution < -0.4 is 5.32 Å². The number of nitrogens with one attached hydrogen (secondary N) is 1. The van der Waals surface area contributed by atoms with Crippen molar-refractivity contribution in [2.24, 2.45) is 5.92 Å². The number of benzene rings is 2. The Balaban J connectivity index is 1.79. The zero-order chi connectivity index (χ0) is 20.1. The summed E-state index contributed by atoms with van der Waals surface area (Å²) in [6.07, 6.45) is 1.36. The highest BCUT2D eigenvalue weighted by molar-refractivity contribution is 7.86. The average molecular weight is 402 g/mol. The molecule has 0 saturated carbocycles. The predicted molar refractivity (Wildman–Crippen MR) is 110 cm³/mol. The van der Waals surface area contributed by atoms with E-state index in [2.05, 4.69) is 5.32 Å². The fourth-order valence-electron chi connectivity index (χ4n) is 3.51. The van der Waals surface area contributed by atoms with E-state index in [1.54, 1.807) is 0 Å². The Labute approximate surface area is 167 Å². The molecule has 3 rings (SSSR count). The van der Waals surface area contributed by atoms with Gasteiger partial charge in [-0.3, -0.25) is 4.79 Å². The van der Waals surface area contributed by atoms with Crippen LogP contribution in [0.3, 0.4) is 0 Å². The number of hydrogen-bond acceptors (Lipinski definition) is 3. The van der Waals surface area contributed by atoms with Crippen molar-refractivity contribution in [3.8, 4) is 0 Å². The van der Waals surface area contributed by atoms with Gasteiger partial charge >= 0.3 is 0 Å². The lowest BCUT2D eigenvalue weighted by Crippen LogP contribution is -2.49. The molecular formula is C21H27N3O3S. The minimum atomic E-state index is -3.51. The largest absolute Gasteiger partial charge is 0.345 e. The van der Waals surface area contributed by atoms with Crippen LogP contribution in [0.5, 0.6) is 0 Å². The summed E-state index contributed by atoms with van der Waals surface area (Å²) in [6, 6.07) is 19.4. The van der Waals surface area contributed by atoms with Gasteiger partial charge in [0.05, 0.1) is 12.0 Å². The van der Waals surface area contributed by atoms with Gasteiger partial charge in [0.1, 0.15) is 0 Å². The third-order valence-corrected chi connectivity index (χ3v) is 7.00. The summed E-state index contributed by atoms with van der Waals surface area (Å²) < 4.78 is 27.5. The quantitative estimate of drug-likeness (QED) is 0.808. The molecule has 1 saturated heterocycles. The van der Waals surface area contributed by atoms with Crippen molar-refractivity contribution in [1.29, 1.82) is 0 Å². The third-order valence-electron chi connectivity index (χ3n) is 5.10. The van der Waals surface area contributed by atoms with E-state index in [0.717, 1.165) is 11.1 Å². The molecule has 0 bridgehead atoms. The first kappa shape index (κ1) is 20.5. The summed E-state index contributed by atoms with van der Waals surface area (Å²) in [5.41, 5.74) is 1.99. The van der Waals surface area contributed by atoms with Crippen LogP contribution in [0.25, 0.3) is 0 Å². The molecule has 1 N–H and O–H groups in total. The zero-order valence-electron chi connectivity index (χ0n) is 16.3. The third kappa shape index (κ3) is 4.60. The standard InChI is InChI=1S/C21H27N3O3S/c1-23(2)28(26,27)24-15-9-14-19(16-24)21(25)22-20(17-10-5-3-6-11-17)18-12-7-4-8-13-18/h3-8,10-13,19-20H,9,14-16H2,1-2H3,(H,22,25)/t19-/m1/s1. The van der Waals surface area contributed by atoms with Gasteiger partial charge in [-0.1, -0.05) is 60.7 Å². The van der Waals surface area contributed by atoms with Crippen molar-refractivity contribution in [1.82, 2.24) is 13.9 Å². The van der Waals surface area contributed by atoms with Gasteiger partial charge in [0.2, 0.25) is 5.91 Å². The lowest BCUT2D eigenvalue weighted by atomic mass is 9.95. The van der Waals surface area contributed by atoms with Gasteiger partial charge in [-0.05, 0) is 24.0 Å². The number of nitrogens with zero attached hydrogens (tertiary/aromatic N) is 2. The van der Waals surface area contributed by atoms with Gasteiger partial charge in [0, 0.05) is 27.2 Å². The highest BCUT2D eigenvalue weighted by Crippen LogP contribution is 2.25. The van der Waals surface area contributed by atoms with Crippen molar-refractivity contribution >= 4 is 16.1 Å². The fraction of sp³-hybridized carbons (Fsp3) is 0.381. The van der Waals surface area contributed by atoms with E-state index in [1.807, 2.05) is 60.7 Å². The number of carbonyl (C=O) groups excluding carboxylic acids is 1. The Morgan fingerprint density at radius 2 is 1.57 bits per heavy atom. The first-order valence-electron chi connectivity index (χ1n) is 9.47. The summed E-state index contributed by atoms with van der Waals surface area (Å²) in [5.74, 6) is -0.477. The molecule has 150 valence electrons. The molecule has 0 unspecified atom stereocenters. The van der Waals surface area contributed by atoms with E-state index < -0.39 is 10.2 Å². The number of piperidine rings is 1. The van der Waals surface area contributed by atoms with Gasteiger partial charge in [0.25, 0.3) is 10.2 Å². The number of carbonyl (C=O) groups is 1. The predicted octanol–water partition coefficient (Wildman–Crippen LogP) is 2.41. The number of amides is 1. The van der Waals surface area contributed by atoms with Gasteiger partial charge < -0.3 is 5.32 Å². The highest BCUT2D eigenvalue weighted by Gasteiger charge is 2.34. The Morgan fingerprint density at radius 3 is 2.07 bits per heavy atom. The molecule has 0 radical (unpaired) electrons. The highest BCUT2D eigenvalue weighted by atomic mass is 32.2. The van der Waals surface area contributed by atoms with Crippen LogP contribution in [0.4, 0.5) is 0 Å². The van der Waals surface area contributed by atoms with Crippen molar-refractivity contribution < 1.29 is 13.2 Å². The van der Waals surface area contributed by atoms with Crippen molar-refractivity contribution in [2.45, 2.75) is 18.9 Å². The number of hydrogen-bond donors (Lipinski definition) is 1. The molecule has 1 heterocycles. The maximum atomic E-state index is 13.1. The number of rotatable bonds is 6. The molecular weight excluding hydrogens is 374 g/mol. The lowest BCUT2D eigenvalue weighted by Gasteiger charge is -2.33. The molecule has 28 heavy (non-hydrogen) atoms. The molecule has 1 amide bonds. The molecule has 0 aromatic heterocycles. The summed E-state index contributed by atoms with van der Waals surface area (Å²) in [7, 11) is -0.485. The summed E-state index contributed by atoms with van der Waals surface area (Å²) in [5, 5.41) is 3.15. The van der Waals surface area contributed by atoms with Crippen LogP contribution in [0.15, 0.2) is 60.7 Å². The smallest absolute Gasteiger partial charge is 0.281 e. The summed E-state index contributed by atoms with van der Waals surface area (Å²) >= 11 is 0. The fourth-order valence-corrected chi connectivity index (χ4v) is 4.70. The van der Waals surface area contributed by atoms with Crippen LogP contribution in [0.2, 0.25) is 0 Å². The van der Waals surface area contributed by atoms with Gasteiger partial charge in [0.15, 0.2) is 0 Å². The van der Waals surface area contributed by atoms with Crippen LogP contribution in [0, 0.1) is 5.92 Å². The minimum absolute atomic E-state index is 0.114. The Hall–Kier alpha value is -2.22. The molecule has 1 atom stereocenters. The average Bonchev–Trinajstić information content (AvgIpc) is 2.73. The molecule has 0 spiro atoms. The minimum Gasteiger partial charge on any atom is -0.345 e. The van der Waals surface area contributed by atoms with Crippen LogP contribution in [-0.2, 0) is 15.0 Å². The Morgan fingerprint density at radius 1 is 1.04 bits per heavy atom. The van der Waals surface area contributed by atoms with Gasteiger partial charge in [-0.25, -0.2) is 0 Å². The van der Waals surface area contributed by atoms with Gasteiger partial charge in [-0.2, -0.15) is 17.0 Å². The van der Waals surface area contributed by atoms with E-state index in [9.17, 15) is 13.2 Å². The molecule has 7 heteroatoms. The summed E-state index contributed by atoms with van der Waals surface area (Å²) in [4.78, 5) is 13.1. The normalized spacial score (nSPS) is 18.4. The Bertz CT molecular complexity index is 846. The van der Waals surface area contributed by atoms with Crippen molar-refractivity contribution in [2.75, 3.05) is 27.2 Å². The molecule has 0 aliphatic carbocycles. The van der Waals surface area contributed by atoms with E-state index in [-0.39, 0.29) is 24.4 Å². The van der Waals surface area contributed by atoms with Crippen LogP contribution >= 0.6 is 0 Å². The monoisotopic (exact) mass is 401 g/mol. The molecule has 1 aliphatic rings. The molecule has 2 aromatic rings. The zero-order valence-corrected chi connectivity index (χ0v) is 17.1. The lowest BCUT2D eigenvalue weighted by molar-refractivity contribution is -0.126. The van der Waals surface area contributed by atoms with Gasteiger partial charge in [-0.15, -0.1) is 0 Å². The molecule has 2 aromatic carbocycles. The van der Waals surface area contributed by atoms with E-state index in [1.165, 1.54) is 22.7 Å². The summed E-state index contributed by atoms with van der Waals surface area (Å²) in [6.45, 7) is 0.660. The molecule has 1 aliphatic heterocycles.